The molecule has 3 rings (SSSR count). The van der Waals surface area contributed by atoms with E-state index >= 15 is 0 Å². The Kier molecular flexibility index (Phi) is 3.34. The highest BCUT2D eigenvalue weighted by Crippen LogP contribution is 2.26. The second kappa shape index (κ2) is 5.46. The molecule has 104 valence electrons. The maximum atomic E-state index is 10.8. The Morgan fingerprint density at radius 3 is 2.57 bits per heavy atom. The van der Waals surface area contributed by atoms with Gasteiger partial charge in [-0.15, -0.1) is 0 Å². The predicted octanol–water partition coefficient (Wildman–Crippen LogP) is 2.91. The lowest BCUT2D eigenvalue weighted by atomic mass is 10.2. The van der Waals surface area contributed by atoms with E-state index in [1.807, 2.05) is 24.3 Å². The molecular formula is C15H12N4O2. The lowest BCUT2D eigenvalue weighted by Crippen LogP contribution is -2.19. The van der Waals surface area contributed by atoms with Crippen LogP contribution >= 0.6 is 0 Å². The SMILES string of the molecule is NC(=O)Nc1ccc(Oc2ncnc3ccccc23)cc1. The molecule has 0 aliphatic heterocycles. The van der Waals surface area contributed by atoms with Crippen LogP contribution in [-0.4, -0.2) is 16.0 Å². The predicted molar refractivity (Wildman–Crippen MR) is 79.3 cm³/mol. The van der Waals surface area contributed by atoms with Crippen LogP contribution in [0.2, 0.25) is 0 Å². The summed E-state index contributed by atoms with van der Waals surface area (Å²) in [7, 11) is 0. The van der Waals surface area contributed by atoms with Crippen molar-refractivity contribution in [1.82, 2.24) is 9.97 Å². The van der Waals surface area contributed by atoms with Crippen molar-refractivity contribution in [2.45, 2.75) is 0 Å². The highest BCUT2D eigenvalue weighted by Gasteiger charge is 2.05. The van der Waals surface area contributed by atoms with Crippen LogP contribution in [0, 0.1) is 0 Å². The summed E-state index contributed by atoms with van der Waals surface area (Å²) < 4.78 is 5.76. The molecule has 3 N–H and O–H groups in total. The van der Waals surface area contributed by atoms with E-state index in [0.29, 0.717) is 17.3 Å². The summed E-state index contributed by atoms with van der Waals surface area (Å²) in [6, 6.07) is 13.8. The van der Waals surface area contributed by atoms with Crippen molar-refractivity contribution in [3.63, 3.8) is 0 Å². The van der Waals surface area contributed by atoms with Gasteiger partial charge in [-0.3, -0.25) is 0 Å². The molecule has 0 aliphatic carbocycles. The number of para-hydroxylation sites is 1. The Morgan fingerprint density at radius 2 is 1.81 bits per heavy atom. The third kappa shape index (κ3) is 2.89. The number of benzene rings is 2. The minimum Gasteiger partial charge on any atom is -0.438 e. The van der Waals surface area contributed by atoms with E-state index in [2.05, 4.69) is 15.3 Å². The third-order valence-electron chi connectivity index (χ3n) is 2.84. The monoisotopic (exact) mass is 280 g/mol. The fraction of sp³-hybridized carbons (Fsp3) is 0. The summed E-state index contributed by atoms with van der Waals surface area (Å²) in [5, 5.41) is 3.32. The van der Waals surface area contributed by atoms with Crippen LogP contribution in [-0.2, 0) is 0 Å². The summed E-state index contributed by atoms with van der Waals surface area (Å²) in [4.78, 5) is 19.1. The number of primary amides is 1. The van der Waals surface area contributed by atoms with Gasteiger partial charge in [-0.1, -0.05) is 12.1 Å². The number of rotatable bonds is 3. The maximum Gasteiger partial charge on any atom is 0.316 e. The molecule has 0 bridgehead atoms. The first-order valence-corrected chi connectivity index (χ1v) is 6.26. The first kappa shape index (κ1) is 12.9. The normalized spacial score (nSPS) is 10.3. The number of carbonyl (C=O) groups excluding carboxylic acids is 1. The Balaban J connectivity index is 1.87. The molecular weight excluding hydrogens is 268 g/mol. The number of nitrogens with two attached hydrogens (primary N) is 1. The van der Waals surface area contributed by atoms with Gasteiger partial charge in [0, 0.05) is 5.69 Å². The molecule has 0 fully saturated rings. The van der Waals surface area contributed by atoms with Gasteiger partial charge >= 0.3 is 6.03 Å². The lowest BCUT2D eigenvalue weighted by Gasteiger charge is -2.08. The van der Waals surface area contributed by atoms with Crippen molar-refractivity contribution in [2.24, 2.45) is 5.73 Å². The van der Waals surface area contributed by atoms with E-state index in [9.17, 15) is 4.79 Å². The van der Waals surface area contributed by atoms with Crippen LogP contribution in [0.15, 0.2) is 54.9 Å². The van der Waals surface area contributed by atoms with E-state index < -0.39 is 6.03 Å². The number of hydrogen-bond acceptors (Lipinski definition) is 4. The second-order valence-corrected chi connectivity index (χ2v) is 4.31. The summed E-state index contributed by atoms with van der Waals surface area (Å²) in [6.07, 6.45) is 1.46. The highest BCUT2D eigenvalue weighted by molar-refractivity contribution is 5.87. The zero-order chi connectivity index (χ0) is 14.7. The number of nitrogens with zero attached hydrogens (tertiary/aromatic N) is 2. The van der Waals surface area contributed by atoms with Crippen LogP contribution in [0.3, 0.4) is 0 Å². The topological polar surface area (TPSA) is 90.1 Å². The minimum absolute atomic E-state index is 0.483. The van der Waals surface area contributed by atoms with E-state index in [-0.39, 0.29) is 0 Å². The average molecular weight is 280 g/mol. The van der Waals surface area contributed by atoms with E-state index in [0.717, 1.165) is 10.9 Å². The van der Waals surface area contributed by atoms with Crippen molar-refractivity contribution in [1.29, 1.82) is 0 Å². The van der Waals surface area contributed by atoms with Crippen LogP contribution in [0.25, 0.3) is 10.9 Å². The largest absolute Gasteiger partial charge is 0.438 e. The van der Waals surface area contributed by atoms with Gasteiger partial charge in [0.2, 0.25) is 5.88 Å². The van der Waals surface area contributed by atoms with Crippen LogP contribution in [0.5, 0.6) is 11.6 Å². The molecule has 6 nitrogen and oxygen atoms in total. The molecule has 0 spiro atoms. The van der Waals surface area contributed by atoms with Gasteiger partial charge in [0.05, 0.1) is 10.9 Å². The molecule has 1 heterocycles. The van der Waals surface area contributed by atoms with E-state index in [1.165, 1.54) is 6.33 Å². The molecule has 2 amide bonds. The number of ether oxygens (including phenoxy) is 1. The molecule has 0 unspecified atom stereocenters. The van der Waals surface area contributed by atoms with Gasteiger partial charge in [0.25, 0.3) is 0 Å². The molecule has 0 saturated carbocycles. The second-order valence-electron chi connectivity index (χ2n) is 4.31. The fourth-order valence-electron chi connectivity index (χ4n) is 1.92. The van der Waals surface area contributed by atoms with Crippen molar-refractivity contribution in [2.75, 3.05) is 5.32 Å². The van der Waals surface area contributed by atoms with Gasteiger partial charge in [-0.2, -0.15) is 0 Å². The molecule has 1 aromatic heterocycles. The van der Waals surface area contributed by atoms with Gasteiger partial charge in [0.15, 0.2) is 0 Å². The number of nitrogens with one attached hydrogen (secondary N) is 1. The number of fused-ring (bicyclic) bond motifs is 1. The van der Waals surface area contributed by atoms with E-state index in [4.69, 9.17) is 10.5 Å². The molecule has 0 aliphatic rings. The Morgan fingerprint density at radius 1 is 1.05 bits per heavy atom. The zero-order valence-electron chi connectivity index (χ0n) is 11.0. The standard InChI is InChI=1S/C15H12N4O2/c16-15(20)19-10-5-7-11(8-6-10)21-14-12-3-1-2-4-13(12)17-9-18-14/h1-9H,(H3,16,19,20). The summed E-state index contributed by atoms with van der Waals surface area (Å²) in [5.41, 5.74) is 6.46. The van der Waals surface area contributed by atoms with Crippen LogP contribution < -0.4 is 15.8 Å². The molecule has 3 aromatic rings. The molecule has 2 aromatic carbocycles. The van der Waals surface area contributed by atoms with Crippen molar-refractivity contribution < 1.29 is 9.53 Å². The summed E-state index contributed by atoms with van der Waals surface area (Å²) in [6.45, 7) is 0. The molecule has 21 heavy (non-hydrogen) atoms. The van der Waals surface area contributed by atoms with Crippen molar-refractivity contribution in [3.8, 4) is 11.6 Å². The van der Waals surface area contributed by atoms with Gasteiger partial charge < -0.3 is 15.8 Å². The van der Waals surface area contributed by atoms with Crippen molar-refractivity contribution >= 4 is 22.6 Å². The van der Waals surface area contributed by atoms with Gasteiger partial charge in [-0.05, 0) is 36.4 Å². The van der Waals surface area contributed by atoms with Gasteiger partial charge in [-0.25, -0.2) is 14.8 Å². The minimum atomic E-state index is -0.606. The summed E-state index contributed by atoms with van der Waals surface area (Å²) >= 11 is 0. The maximum absolute atomic E-state index is 10.8. The number of aromatic nitrogens is 2. The van der Waals surface area contributed by atoms with Crippen LogP contribution in [0.1, 0.15) is 0 Å². The first-order chi connectivity index (χ1) is 10.2. The fourth-order valence-corrected chi connectivity index (χ4v) is 1.92. The third-order valence-corrected chi connectivity index (χ3v) is 2.84. The Labute approximate surface area is 120 Å². The lowest BCUT2D eigenvalue weighted by molar-refractivity contribution is 0.259. The number of amides is 2. The van der Waals surface area contributed by atoms with Crippen LogP contribution in [0.4, 0.5) is 10.5 Å². The quantitative estimate of drug-likeness (QED) is 0.771. The zero-order valence-corrected chi connectivity index (χ0v) is 11.0. The highest BCUT2D eigenvalue weighted by atomic mass is 16.5. The van der Waals surface area contributed by atoms with Crippen molar-refractivity contribution in [3.05, 3.63) is 54.9 Å². The average Bonchev–Trinajstić information content (AvgIpc) is 2.49. The molecule has 0 atom stereocenters. The number of urea groups is 1. The number of hydrogen-bond donors (Lipinski definition) is 2. The summed E-state index contributed by atoms with van der Waals surface area (Å²) in [5.74, 6) is 1.09. The molecule has 0 radical (unpaired) electrons. The number of anilines is 1. The number of carbonyl (C=O) groups is 1. The van der Waals surface area contributed by atoms with E-state index in [1.54, 1.807) is 24.3 Å². The Bertz CT molecular complexity index is 782. The smallest absolute Gasteiger partial charge is 0.316 e. The molecule has 0 saturated heterocycles. The first-order valence-electron chi connectivity index (χ1n) is 6.26. The van der Waals surface area contributed by atoms with Gasteiger partial charge in [0.1, 0.15) is 12.1 Å². The Hall–Kier alpha value is -3.15. The molecule has 6 heteroatoms.